The summed E-state index contributed by atoms with van der Waals surface area (Å²) >= 11 is 0. The van der Waals surface area contributed by atoms with Gasteiger partial charge in [-0.05, 0) is 13.0 Å². The Bertz CT molecular complexity index is 655. The van der Waals surface area contributed by atoms with Crippen LogP contribution in [0.25, 0.3) is 10.8 Å². The van der Waals surface area contributed by atoms with E-state index < -0.39 is 5.97 Å². The molecule has 0 bridgehead atoms. The maximum Gasteiger partial charge on any atom is 0.339 e. The molecule has 0 saturated heterocycles. The number of ether oxygens (including phenoxy) is 1. The predicted molar refractivity (Wildman–Crippen MR) is 65.3 cm³/mol. The molecule has 4 nitrogen and oxygen atoms in total. The number of aromatic nitrogens is 1. The van der Waals surface area contributed by atoms with Gasteiger partial charge in [-0.1, -0.05) is 17.7 Å². The third kappa shape index (κ3) is 1.82. The SMILES string of the molecule is COC(=O)c1cn(C)c(=O)c2ccc(C)cc12. The lowest BCUT2D eigenvalue weighted by molar-refractivity contribution is 0.0602. The van der Waals surface area contributed by atoms with Gasteiger partial charge >= 0.3 is 5.97 Å². The van der Waals surface area contributed by atoms with Crippen LogP contribution in [0.2, 0.25) is 0 Å². The van der Waals surface area contributed by atoms with E-state index in [-0.39, 0.29) is 5.56 Å². The lowest BCUT2D eigenvalue weighted by atomic mass is 10.0. The van der Waals surface area contributed by atoms with Crippen LogP contribution in [0.15, 0.2) is 29.2 Å². The van der Waals surface area contributed by atoms with Crippen LogP contribution in [0.5, 0.6) is 0 Å². The molecule has 0 unspecified atom stereocenters. The van der Waals surface area contributed by atoms with Crippen LogP contribution in [-0.4, -0.2) is 17.6 Å². The van der Waals surface area contributed by atoms with E-state index in [0.29, 0.717) is 16.3 Å². The molecule has 0 spiro atoms. The summed E-state index contributed by atoms with van der Waals surface area (Å²) in [6, 6.07) is 5.41. The summed E-state index contributed by atoms with van der Waals surface area (Å²) in [6.07, 6.45) is 1.51. The van der Waals surface area contributed by atoms with E-state index in [0.717, 1.165) is 5.56 Å². The molecule has 0 N–H and O–H groups in total. The lowest BCUT2D eigenvalue weighted by Crippen LogP contribution is -2.19. The van der Waals surface area contributed by atoms with Crippen LogP contribution in [-0.2, 0) is 11.8 Å². The Kier molecular flexibility index (Phi) is 2.71. The third-order valence-electron chi connectivity index (χ3n) is 2.74. The molecule has 0 fully saturated rings. The van der Waals surface area contributed by atoms with Crippen LogP contribution in [0.3, 0.4) is 0 Å². The number of methoxy groups -OCH3 is 1. The quantitative estimate of drug-likeness (QED) is 0.701. The summed E-state index contributed by atoms with van der Waals surface area (Å²) in [7, 11) is 2.95. The normalized spacial score (nSPS) is 10.5. The molecule has 17 heavy (non-hydrogen) atoms. The molecular formula is C13H13NO3. The second kappa shape index (κ2) is 4.05. The fourth-order valence-corrected chi connectivity index (χ4v) is 1.85. The average molecular weight is 231 g/mol. The number of aryl methyl sites for hydroxylation is 2. The summed E-state index contributed by atoms with van der Waals surface area (Å²) < 4.78 is 6.12. The number of benzene rings is 1. The van der Waals surface area contributed by atoms with Crippen molar-refractivity contribution in [3.63, 3.8) is 0 Å². The lowest BCUT2D eigenvalue weighted by Gasteiger charge is -2.08. The zero-order valence-corrected chi connectivity index (χ0v) is 9.98. The molecule has 2 rings (SSSR count). The van der Waals surface area contributed by atoms with E-state index in [1.807, 2.05) is 19.1 Å². The monoisotopic (exact) mass is 231 g/mol. The molecule has 88 valence electrons. The minimum atomic E-state index is -0.434. The van der Waals surface area contributed by atoms with Crippen molar-refractivity contribution in [3.8, 4) is 0 Å². The number of esters is 1. The Morgan fingerprint density at radius 2 is 2.00 bits per heavy atom. The van der Waals surface area contributed by atoms with Gasteiger partial charge in [-0.2, -0.15) is 0 Å². The van der Waals surface area contributed by atoms with Crippen molar-refractivity contribution in [2.45, 2.75) is 6.92 Å². The van der Waals surface area contributed by atoms with Crippen LogP contribution in [0, 0.1) is 6.92 Å². The molecule has 0 saturated carbocycles. The van der Waals surface area contributed by atoms with Crippen LogP contribution < -0.4 is 5.56 Å². The van der Waals surface area contributed by atoms with Crippen molar-refractivity contribution in [3.05, 3.63) is 45.9 Å². The highest BCUT2D eigenvalue weighted by molar-refractivity contribution is 6.04. The smallest absolute Gasteiger partial charge is 0.339 e. The second-order valence-corrected chi connectivity index (χ2v) is 4.00. The summed E-state index contributed by atoms with van der Waals surface area (Å²) in [4.78, 5) is 23.6. The number of carbonyl (C=O) groups excluding carboxylic acids is 1. The minimum Gasteiger partial charge on any atom is -0.465 e. The Hall–Kier alpha value is -2.10. The molecule has 0 atom stereocenters. The number of carbonyl (C=O) groups is 1. The van der Waals surface area contributed by atoms with Crippen molar-refractivity contribution < 1.29 is 9.53 Å². The van der Waals surface area contributed by atoms with Gasteiger partial charge in [0, 0.05) is 24.0 Å². The van der Waals surface area contributed by atoms with Gasteiger partial charge in [0.1, 0.15) is 0 Å². The van der Waals surface area contributed by atoms with E-state index in [2.05, 4.69) is 0 Å². The molecule has 0 aliphatic carbocycles. The Balaban J connectivity index is 2.93. The van der Waals surface area contributed by atoms with Crippen LogP contribution in [0.4, 0.5) is 0 Å². The first-order valence-electron chi connectivity index (χ1n) is 5.23. The maximum absolute atomic E-state index is 11.9. The van der Waals surface area contributed by atoms with Gasteiger partial charge < -0.3 is 9.30 Å². The maximum atomic E-state index is 11.9. The van der Waals surface area contributed by atoms with E-state index in [4.69, 9.17) is 4.74 Å². The largest absolute Gasteiger partial charge is 0.465 e. The Morgan fingerprint density at radius 1 is 1.29 bits per heavy atom. The summed E-state index contributed by atoms with van der Waals surface area (Å²) in [6.45, 7) is 1.91. The fraction of sp³-hybridized carbons (Fsp3) is 0.231. The molecule has 1 aromatic heterocycles. The number of hydrogen-bond acceptors (Lipinski definition) is 3. The van der Waals surface area contributed by atoms with Gasteiger partial charge in [0.05, 0.1) is 12.7 Å². The van der Waals surface area contributed by atoms with Gasteiger partial charge in [0.15, 0.2) is 0 Å². The van der Waals surface area contributed by atoms with Crippen molar-refractivity contribution in [2.24, 2.45) is 7.05 Å². The predicted octanol–water partition coefficient (Wildman–Crippen LogP) is 1.63. The van der Waals surface area contributed by atoms with Crippen molar-refractivity contribution in [2.75, 3.05) is 7.11 Å². The molecule has 0 aliphatic rings. The first-order valence-corrected chi connectivity index (χ1v) is 5.23. The van der Waals surface area contributed by atoms with E-state index in [9.17, 15) is 9.59 Å². The molecule has 2 aromatic rings. The molecule has 1 aromatic carbocycles. The number of pyridine rings is 1. The third-order valence-corrected chi connectivity index (χ3v) is 2.74. The fourth-order valence-electron chi connectivity index (χ4n) is 1.85. The molecule has 0 radical (unpaired) electrons. The first-order chi connectivity index (χ1) is 8.04. The molecule has 0 amide bonds. The highest BCUT2D eigenvalue weighted by Gasteiger charge is 2.13. The molecular weight excluding hydrogens is 218 g/mol. The number of hydrogen-bond donors (Lipinski definition) is 0. The highest BCUT2D eigenvalue weighted by atomic mass is 16.5. The summed E-state index contributed by atoms with van der Waals surface area (Å²) in [5.74, 6) is -0.434. The van der Waals surface area contributed by atoms with E-state index in [1.165, 1.54) is 17.9 Å². The summed E-state index contributed by atoms with van der Waals surface area (Å²) in [5, 5.41) is 1.17. The van der Waals surface area contributed by atoms with Gasteiger partial charge in [-0.25, -0.2) is 4.79 Å². The van der Waals surface area contributed by atoms with Gasteiger partial charge in [0.25, 0.3) is 5.56 Å². The Labute approximate surface area is 98.4 Å². The van der Waals surface area contributed by atoms with Crippen molar-refractivity contribution >= 4 is 16.7 Å². The zero-order chi connectivity index (χ0) is 12.6. The van der Waals surface area contributed by atoms with Crippen molar-refractivity contribution in [1.82, 2.24) is 4.57 Å². The Morgan fingerprint density at radius 3 is 2.65 bits per heavy atom. The molecule has 1 heterocycles. The molecule has 0 aliphatic heterocycles. The average Bonchev–Trinajstić information content (AvgIpc) is 2.32. The summed E-state index contributed by atoms with van der Waals surface area (Å²) in [5.41, 5.74) is 1.29. The highest BCUT2D eigenvalue weighted by Crippen LogP contribution is 2.17. The van der Waals surface area contributed by atoms with Crippen LogP contribution in [0.1, 0.15) is 15.9 Å². The zero-order valence-electron chi connectivity index (χ0n) is 9.98. The standard InChI is InChI=1S/C13H13NO3/c1-8-4-5-9-10(6-8)11(13(16)17-3)7-14(2)12(9)15/h4-7H,1-3H3. The van der Waals surface area contributed by atoms with E-state index >= 15 is 0 Å². The first kappa shape index (κ1) is 11.4. The minimum absolute atomic E-state index is 0.118. The number of nitrogens with zero attached hydrogens (tertiary/aromatic N) is 1. The topological polar surface area (TPSA) is 48.3 Å². The van der Waals surface area contributed by atoms with Crippen molar-refractivity contribution in [1.29, 1.82) is 0 Å². The van der Waals surface area contributed by atoms with Gasteiger partial charge in [0.2, 0.25) is 0 Å². The van der Waals surface area contributed by atoms with Gasteiger partial charge in [-0.3, -0.25) is 4.79 Å². The number of fused-ring (bicyclic) bond motifs is 1. The van der Waals surface area contributed by atoms with E-state index in [1.54, 1.807) is 13.1 Å². The second-order valence-electron chi connectivity index (χ2n) is 4.00. The van der Waals surface area contributed by atoms with Gasteiger partial charge in [-0.15, -0.1) is 0 Å². The number of rotatable bonds is 1. The molecule has 4 heteroatoms. The van der Waals surface area contributed by atoms with Crippen LogP contribution >= 0.6 is 0 Å².